The van der Waals surface area contributed by atoms with E-state index in [-0.39, 0.29) is 5.56 Å². The van der Waals surface area contributed by atoms with Gasteiger partial charge in [-0.25, -0.2) is 9.48 Å². The van der Waals surface area contributed by atoms with Crippen LogP contribution in [0.15, 0.2) is 49.1 Å². The summed E-state index contributed by atoms with van der Waals surface area (Å²) in [5.41, 5.74) is 2.12. The van der Waals surface area contributed by atoms with E-state index in [1.54, 1.807) is 29.2 Å². The fraction of sp³-hybridized carbons (Fsp3) is 0.133. The summed E-state index contributed by atoms with van der Waals surface area (Å²) in [7, 11) is 1.97. The van der Waals surface area contributed by atoms with Gasteiger partial charge in [-0.1, -0.05) is 0 Å². The normalized spacial score (nSPS) is 14.1. The molecule has 0 fully saturated rings. The van der Waals surface area contributed by atoms with Crippen LogP contribution in [0.4, 0.5) is 0 Å². The van der Waals surface area contributed by atoms with Crippen molar-refractivity contribution in [2.75, 3.05) is 13.6 Å². The van der Waals surface area contributed by atoms with Crippen molar-refractivity contribution in [1.29, 1.82) is 0 Å². The zero-order chi connectivity index (χ0) is 14.8. The number of hydrogen-bond acceptors (Lipinski definition) is 4. The maximum atomic E-state index is 11.4. The summed E-state index contributed by atoms with van der Waals surface area (Å²) in [6, 6.07) is 3.56. The van der Waals surface area contributed by atoms with Crippen LogP contribution in [0.5, 0.6) is 0 Å². The highest BCUT2D eigenvalue weighted by atomic mass is 16.4. The van der Waals surface area contributed by atoms with Crippen LogP contribution in [0.1, 0.15) is 10.4 Å². The van der Waals surface area contributed by atoms with E-state index in [4.69, 9.17) is 0 Å². The quantitative estimate of drug-likeness (QED) is 0.931. The minimum Gasteiger partial charge on any atom is -0.478 e. The Balaban J connectivity index is 2.06. The van der Waals surface area contributed by atoms with Gasteiger partial charge in [0.1, 0.15) is 11.3 Å². The lowest BCUT2D eigenvalue weighted by Crippen LogP contribution is -2.15. The molecule has 0 bridgehead atoms. The molecule has 1 aliphatic heterocycles. The lowest BCUT2D eigenvalue weighted by atomic mass is 10.1. The number of aromatic carboxylic acids is 1. The number of rotatable bonds is 3. The number of carbonyl (C=O) groups is 1. The molecule has 1 N–H and O–H groups in total. The molecule has 0 spiro atoms. The average Bonchev–Trinajstić information content (AvgIpc) is 2.94. The van der Waals surface area contributed by atoms with Gasteiger partial charge >= 0.3 is 5.97 Å². The number of hydrogen-bond donors (Lipinski definition) is 1. The van der Waals surface area contributed by atoms with Crippen molar-refractivity contribution >= 4 is 11.7 Å². The van der Waals surface area contributed by atoms with Crippen molar-refractivity contribution in [3.05, 3.63) is 54.6 Å². The highest BCUT2D eigenvalue weighted by Crippen LogP contribution is 2.23. The van der Waals surface area contributed by atoms with Crippen LogP contribution in [0.3, 0.4) is 0 Å². The zero-order valence-corrected chi connectivity index (χ0v) is 11.5. The van der Waals surface area contributed by atoms with Crippen LogP contribution in [-0.4, -0.2) is 44.3 Å². The minimum atomic E-state index is -1.00. The average molecular weight is 282 g/mol. The molecule has 0 saturated heterocycles. The molecule has 3 heterocycles. The van der Waals surface area contributed by atoms with Crippen molar-refractivity contribution in [3.8, 4) is 11.3 Å². The molecule has 0 amide bonds. The third-order valence-corrected chi connectivity index (χ3v) is 3.23. The number of aromatic nitrogens is 3. The van der Waals surface area contributed by atoms with E-state index in [9.17, 15) is 9.90 Å². The first kappa shape index (κ1) is 13.1. The Morgan fingerprint density at radius 3 is 2.90 bits per heavy atom. The molecule has 106 valence electrons. The molecule has 21 heavy (non-hydrogen) atoms. The molecule has 3 rings (SSSR count). The Labute approximate surface area is 121 Å². The van der Waals surface area contributed by atoms with Crippen molar-refractivity contribution < 1.29 is 9.90 Å². The second-order valence-electron chi connectivity index (χ2n) is 4.77. The standard InChI is InChI=1S/C15H14N4O2/c1-18-7-4-12(5-8-18)19-10-13(15(20)21)14(17-19)11-3-2-6-16-9-11/h2-7,9-10H,8H2,1H3,(H,20,21). The fourth-order valence-electron chi connectivity index (χ4n) is 2.12. The Bertz CT molecular complexity index is 731. The number of carboxylic acids is 1. The third kappa shape index (κ3) is 2.55. The van der Waals surface area contributed by atoms with Crippen molar-refractivity contribution in [1.82, 2.24) is 19.7 Å². The Morgan fingerprint density at radius 2 is 2.29 bits per heavy atom. The summed E-state index contributed by atoms with van der Waals surface area (Å²) >= 11 is 0. The Hall–Kier alpha value is -2.89. The molecular weight excluding hydrogens is 268 g/mol. The Morgan fingerprint density at radius 1 is 1.43 bits per heavy atom. The van der Waals surface area contributed by atoms with E-state index >= 15 is 0 Å². The third-order valence-electron chi connectivity index (χ3n) is 3.23. The summed E-state index contributed by atoms with van der Waals surface area (Å²) in [5, 5.41) is 13.8. The van der Waals surface area contributed by atoms with E-state index in [2.05, 4.69) is 10.1 Å². The molecule has 0 radical (unpaired) electrons. The first-order valence-electron chi connectivity index (χ1n) is 6.47. The predicted molar refractivity (Wildman–Crippen MR) is 78.5 cm³/mol. The molecular formula is C15H14N4O2. The number of nitrogens with zero attached hydrogens (tertiary/aromatic N) is 4. The second kappa shape index (κ2) is 5.24. The monoisotopic (exact) mass is 282 g/mol. The maximum absolute atomic E-state index is 11.4. The van der Waals surface area contributed by atoms with Gasteiger partial charge in [-0.15, -0.1) is 0 Å². The van der Waals surface area contributed by atoms with E-state index in [0.717, 1.165) is 12.2 Å². The van der Waals surface area contributed by atoms with Crippen LogP contribution in [0.25, 0.3) is 17.0 Å². The van der Waals surface area contributed by atoms with Crippen molar-refractivity contribution in [3.63, 3.8) is 0 Å². The molecule has 2 aromatic heterocycles. The van der Waals surface area contributed by atoms with Crippen molar-refractivity contribution in [2.24, 2.45) is 0 Å². The van der Waals surface area contributed by atoms with Gasteiger partial charge in [0, 0.05) is 43.9 Å². The highest BCUT2D eigenvalue weighted by molar-refractivity contribution is 5.94. The van der Waals surface area contributed by atoms with Crippen LogP contribution in [0.2, 0.25) is 0 Å². The van der Waals surface area contributed by atoms with Gasteiger partial charge in [-0.3, -0.25) is 4.98 Å². The molecule has 0 atom stereocenters. The molecule has 0 unspecified atom stereocenters. The van der Waals surface area contributed by atoms with Gasteiger partial charge in [-0.05, 0) is 24.3 Å². The maximum Gasteiger partial charge on any atom is 0.339 e. The number of allylic oxidation sites excluding steroid dienone is 2. The fourth-order valence-corrected chi connectivity index (χ4v) is 2.12. The lowest BCUT2D eigenvalue weighted by Gasteiger charge is -2.16. The summed E-state index contributed by atoms with van der Waals surface area (Å²) in [5.74, 6) is -1.00. The van der Waals surface area contributed by atoms with Gasteiger partial charge in [-0.2, -0.15) is 5.10 Å². The number of likely N-dealkylation sites (N-methyl/N-ethyl adjacent to an activating group) is 1. The minimum absolute atomic E-state index is 0.163. The molecule has 0 saturated carbocycles. The molecule has 6 heteroatoms. The van der Waals surface area contributed by atoms with E-state index in [0.29, 0.717) is 11.3 Å². The van der Waals surface area contributed by atoms with Gasteiger partial charge in [0.05, 0.1) is 5.70 Å². The molecule has 1 aliphatic rings. The SMILES string of the molecule is CN1C=CC(n2cc(C(=O)O)c(-c3cccnc3)n2)=CC1. The molecule has 0 aromatic carbocycles. The molecule has 6 nitrogen and oxygen atoms in total. The molecule has 0 aliphatic carbocycles. The topological polar surface area (TPSA) is 71.2 Å². The van der Waals surface area contributed by atoms with Crippen LogP contribution in [0, 0.1) is 0 Å². The largest absolute Gasteiger partial charge is 0.478 e. The van der Waals surface area contributed by atoms with Gasteiger partial charge < -0.3 is 10.0 Å². The van der Waals surface area contributed by atoms with Crippen LogP contribution in [-0.2, 0) is 0 Å². The zero-order valence-electron chi connectivity index (χ0n) is 11.5. The van der Waals surface area contributed by atoms with Gasteiger partial charge in [0.2, 0.25) is 0 Å². The summed E-state index contributed by atoms with van der Waals surface area (Å²) in [6.45, 7) is 0.760. The Kier molecular flexibility index (Phi) is 3.27. The molecule has 2 aromatic rings. The first-order chi connectivity index (χ1) is 10.1. The van der Waals surface area contributed by atoms with E-state index < -0.39 is 5.97 Å². The van der Waals surface area contributed by atoms with Crippen LogP contribution < -0.4 is 0 Å². The number of carboxylic acid groups (broad SMARTS) is 1. The number of pyridine rings is 1. The van der Waals surface area contributed by atoms with Crippen molar-refractivity contribution in [2.45, 2.75) is 0 Å². The van der Waals surface area contributed by atoms with E-state index in [1.807, 2.05) is 30.3 Å². The summed E-state index contributed by atoms with van der Waals surface area (Å²) in [6.07, 6.45) is 10.6. The van der Waals surface area contributed by atoms with Crippen LogP contribution >= 0.6 is 0 Å². The van der Waals surface area contributed by atoms with Gasteiger partial charge in [0.25, 0.3) is 0 Å². The summed E-state index contributed by atoms with van der Waals surface area (Å²) in [4.78, 5) is 17.5. The first-order valence-corrected chi connectivity index (χ1v) is 6.47. The predicted octanol–water partition coefficient (Wildman–Crippen LogP) is 1.94. The second-order valence-corrected chi connectivity index (χ2v) is 4.77. The lowest BCUT2D eigenvalue weighted by molar-refractivity contribution is 0.0697. The smallest absolute Gasteiger partial charge is 0.339 e. The summed E-state index contributed by atoms with van der Waals surface area (Å²) < 4.78 is 1.59. The van der Waals surface area contributed by atoms with Gasteiger partial charge in [0.15, 0.2) is 0 Å². The van der Waals surface area contributed by atoms with E-state index in [1.165, 1.54) is 6.20 Å². The highest BCUT2D eigenvalue weighted by Gasteiger charge is 2.18.